The van der Waals surface area contributed by atoms with E-state index in [1.165, 1.54) is 17.4 Å². The number of aryl methyl sites for hydroxylation is 1. The molecule has 1 amide bonds. The number of amides is 1. The lowest BCUT2D eigenvalue weighted by molar-refractivity contribution is -0.274. The van der Waals surface area contributed by atoms with Crippen LogP contribution in [0.3, 0.4) is 0 Å². The molecule has 1 aromatic carbocycles. The van der Waals surface area contributed by atoms with Crippen LogP contribution >= 0.6 is 11.3 Å². The van der Waals surface area contributed by atoms with E-state index in [2.05, 4.69) is 29.8 Å². The Kier molecular flexibility index (Phi) is 6.01. The predicted octanol–water partition coefficient (Wildman–Crippen LogP) is 3.80. The van der Waals surface area contributed by atoms with Crippen LogP contribution in [0, 0.1) is 0 Å². The van der Waals surface area contributed by atoms with Crippen molar-refractivity contribution in [3.8, 4) is 17.0 Å². The predicted molar refractivity (Wildman–Crippen MR) is 127 cm³/mol. The highest BCUT2D eigenvalue weighted by Crippen LogP contribution is 2.39. The summed E-state index contributed by atoms with van der Waals surface area (Å²) >= 11 is 1.26. The molecule has 1 aliphatic carbocycles. The van der Waals surface area contributed by atoms with E-state index in [9.17, 15) is 18.0 Å². The first-order valence-electron chi connectivity index (χ1n) is 11.0. The van der Waals surface area contributed by atoms with Gasteiger partial charge < -0.3 is 25.6 Å². The van der Waals surface area contributed by atoms with Gasteiger partial charge in [-0.2, -0.15) is 0 Å². The molecule has 184 valence electrons. The van der Waals surface area contributed by atoms with Crippen molar-refractivity contribution < 1.29 is 22.7 Å². The molecule has 12 heteroatoms. The van der Waals surface area contributed by atoms with Crippen LogP contribution in [0.1, 0.15) is 20.8 Å². The van der Waals surface area contributed by atoms with Crippen LogP contribution in [-0.2, 0) is 12.8 Å². The summed E-state index contributed by atoms with van der Waals surface area (Å²) in [6.45, 7) is 3.23. The molecule has 1 saturated heterocycles. The molecule has 5 rings (SSSR count). The molecular weight excluding hydrogens is 481 g/mol. The number of rotatable bonds is 5. The van der Waals surface area contributed by atoms with Crippen molar-refractivity contribution in [3.05, 3.63) is 45.8 Å². The molecule has 1 aliphatic heterocycles. The fourth-order valence-corrected chi connectivity index (χ4v) is 5.35. The summed E-state index contributed by atoms with van der Waals surface area (Å²) in [4.78, 5) is 25.5. The first kappa shape index (κ1) is 23.4. The Hall–Kier alpha value is -3.38. The zero-order valence-corrected chi connectivity index (χ0v) is 19.7. The summed E-state index contributed by atoms with van der Waals surface area (Å²) in [5, 5.41) is 4.75. The Balaban J connectivity index is 1.49. The second-order valence-corrected chi connectivity index (χ2v) is 9.41. The number of nitrogens with one attached hydrogen (secondary N) is 1. The standard InChI is InChI=1S/C23H23F3N6O2S/c1-31-6-8-32(9-7-31)14-3-5-18(34-23(24,25)26)17(10-14)29-22-28-11-13-2-4-15-16(19(13)30-22)12-35-20(15)21(27)33/h3,5,10-12H,2,4,6-9H2,1H3,(H2,27,33)(H,28,29,30). The first-order valence-corrected chi connectivity index (χ1v) is 11.9. The molecule has 8 nitrogen and oxygen atoms in total. The van der Waals surface area contributed by atoms with Crippen LogP contribution in [0.15, 0.2) is 29.8 Å². The summed E-state index contributed by atoms with van der Waals surface area (Å²) in [5.41, 5.74) is 9.57. The molecule has 0 unspecified atom stereocenters. The minimum Gasteiger partial charge on any atom is -0.404 e. The van der Waals surface area contributed by atoms with E-state index in [4.69, 9.17) is 5.73 Å². The van der Waals surface area contributed by atoms with Gasteiger partial charge in [0, 0.05) is 49.0 Å². The van der Waals surface area contributed by atoms with Gasteiger partial charge in [-0.3, -0.25) is 4.79 Å². The van der Waals surface area contributed by atoms with Crippen molar-refractivity contribution in [2.45, 2.75) is 19.2 Å². The van der Waals surface area contributed by atoms with E-state index in [1.54, 1.807) is 18.3 Å². The highest BCUT2D eigenvalue weighted by atomic mass is 32.1. The Morgan fingerprint density at radius 2 is 1.97 bits per heavy atom. The Morgan fingerprint density at radius 1 is 1.20 bits per heavy atom. The topological polar surface area (TPSA) is 96.6 Å². The molecule has 1 fully saturated rings. The van der Waals surface area contributed by atoms with Crippen LogP contribution in [-0.4, -0.2) is 60.4 Å². The number of anilines is 3. The molecule has 3 heterocycles. The fourth-order valence-electron chi connectivity index (χ4n) is 4.39. The van der Waals surface area contributed by atoms with Crippen LogP contribution in [0.25, 0.3) is 11.3 Å². The number of nitrogens with zero attached hydrogens (tertiary/aromatic N) is 4. The molecule has 2 aromatic heterocycles. The van der Waals surface area contributed by atoms with Gasteiger partial charge in [0.2, 0.25) is 5.95 Å². The quantitative estimate of drug-likeness (QED) is 0.546. The van der Waals surface area contributed by atoms with Gasteiger partial charge in [-0.05, 0) is 49.2 Å². The monoisotopic (exact) mass is 504 g/mol. The number of benzene rings is 1. The van der Waals surface area contributed by atoms with Gasteiger partial charge >= 0.3 is 6.36 Å². The third-order valence-electron chi connectivity index (χ3n) is 6.19. The van der Waals surface area contributed by atoms with Crippen LogP contribution < -0.4 is 20.7 Å². The number of halogens is 3. The molecule has 35 heavy (non-hydrogen) atoms. The van der Waals surface area contributed by atoms with Crippen molar-refractivity contribution in [3.63, 3.8) is 0 Å². The first-order chi connectivity index (χ1) is 16.7. The summed E-state index contributed by atoms with van der Waals surface area (Å²) in [5.74, 6) is -0.725. The van der Waals surface area contributed by atoms with Gasteiger partial charge in [-0.1, -0.05) is 0 Å². The maximum absolute atomic E-state index is 13.1. The molecule has 3 aromatic rings. The van der Waals surface area contributed by atoms with Gasteiger partial charge in [0.05, 0.1) is 16.3 Å². The maximum Gasteiger partial charge on any atom is 0.573 e. The van der Waals surface area contributed by atoms with Gasteiger partial charge in [0.25, 0.3) is 5.91 Å². The van der Waals surface area contributed by atoms with Gasteiger partial charge in [0.15, 0.2) is 5.75 Å². The molecule has 0 atom stereocenters. The number of nitrogens with two attached hydrogens (primary N) is 1. The molecule has 0 radical (unpaired) electrons. The van der Waals surface area contributed by atoms with Gasteiger partial charge in [-0.25, -0.2) is 9.97 Å². The van der Waals surface area contributed by atoms with Crippen LogP contribution in [0.5, 0.6) is 5.75 Å². The fraction of sp³-hybridized carbons (Fsp3) is 0.348. The normalized spacial score (nSPS) is 15.9. The number of fused-ring (bicyclic) bond motifs is 3. The van der Waals surface area contributed by atoms with E-state index < -0.39 is 12.3 Å². The largest absolute Gasteiger partial charge is 0.573 e. The van der Waals surface area contributed by atoms with E-state index in [0.717, 1.165) is 48.6 Å². The maximum atomic E-state index is 13.1. The number of likely N-dealkylation sites (N-methyl/N-ethyl adjacent to an activating group) is 1. The summed E-state index contributed by atoms with van der Waals surface area (Å²) in [7, 11) is 2.03. The van der Waals surface area contributed by atoms with Crippen LogP contribution in [0.4, 0.5) is 30.5 Å². The zero-order chi connectivity index (χ0) is 24.7. The van der Waals surface area contributed by atoms with E-state index in [1.807, 2.05) is 12.4 Å². The summed E-state index contributed by atoms with van der Waals surface area (Å²) < 4.78 is 43.5. The number of thiophene rings is 1. The lowest BCUT2D eigenvalue weighted by atomic mass is 9.91. The highest BCUT2D eigenvalue weighted by molar-refractivity contribution is 7.12. The van der Waals surface area contributed by atoms with E-state index >= 15 is 0 Å². The molecule has 3 N–H and O–H groups in total. The highest BCUT2D eigenvalue weighted by Gasteiger charge is 2.33. The zero-order valence-electron chi connectivity index (χ0n) is 18.9. The van der Waals surface area contributed by atoms with Crippen molar-refractivity contribution in [1.29, 1.82) is 0 Å². The molecule has 0 spiro atoms. The molecule has 0 bridgehead atoms. The third kappa shape index (κ3) is 4.89. The minimum absolute atomic E-state index is 0.109. The average Bonchev–Trinajstić information content (AvgIpc) is 3.25. The second-order valence-electron chi connectivity index (χ2n) is 8.53. The average molecular weight is 505 g/mol. The van der Waals surface area contributed by atoms with Crippen molar-refractivity contribution in [1.82, 2.24) is 14.9 Å². The number of carbonyl (C=O) groups excluding carboxylic acids is 1. The number of primary amides is 1. The number of aromatic nitrogens is 2. The molecule has 2 aliphatic rings. The SMILES string of the molecule is CN1CCN(c2ccc(OC(F)(F)F)c(Nc3ncc4c(n3)-c3csc(C(N)=O)c3CC4)c2)CC1. The summed E-state index contributed by atoms with van der Waals surface area (Å²) in [6, 6.07) is 4.54. The van der Waals surface area contributed by atoms with E-state index in [0.29, 0.717) is 23.4 Å². The van der Waals surface area contributed by atoms with Crippen molar-refractivity contribution in [2.24, 2.45) is 5.73 Å². The van der Waals surface area contributed by atoms with E-state index in [-0.39, 0.29) is 17.4 Å². The third-order valence-corrected chi connectivity index (χ3v) is 7.22. The Labute approximate surface area is 203 Å². The number of ether oxygens (including phenoxy) is 1. The van der Waals surface area contributed by atoms with Crippen molar-refractivity contribution in [2.75, 3.05) is 43.4 Å². The molecule has 0 saturated carbocycles. The smallest absolute Gasteiger partial charge is 0.404 e. The Bertz CT molecular complexity index is 1270. The van der Waals surface area contributed by atoms with Crippen LogP contribution in [0.2, 0.25) is 0 Å². The number of hydrogen-bond acceptors (Lipinski definition) is 8. The Morgan fingerprint density at radius 3 is 2.69 bits per heavy atom. The summed E-state index contributed by atoms with van der Waals surface area (Å²) in [6.07, 6.45) is -1.90. The second kappa shape index (κ2) is 9.00. The van der Waals surface area contributed by atoms with Gasteiger partial charge in [-0.15, -0.1) is 24.5 Å². The number of alkyl halides is 3. The lowest BCUT2D eigenvalue weighted by Crippen LogP contribution is -2.44. The number of piperazine rings is 1. The molecular formula is C23H23F3N6O2S. The lowest BCUT2D eigenvalue weighted by Gasteiger charge is -2.34. The number of hydrogen-bond donors (Lipinski definition) is 2. The van der Waals surface area contributed by atoms with Crippen molar-refractivity contribution >= 4 is 34.6 Å². The number of carbonyl (C=O) groups is 1. The minimum atomic E-state index is -4.85. The van der Waals surface area contributed by atoms with Gasteiger partial charge in [0.1, 0.15) is 0 Å².